The minimum Gasteiger partial charge on any atom is -0.493 e. The van der Waals surface area contributed by atoms with Gasteiger partial charge in [0.1, 0.15) is 0 Å². The standard InChI is InChI=1S/C25H29N3O4/c1-4-18-6-9-20(10-7-18)21-11-13-25(30)28(27-21)15-14-24(29)26-17-19-8-12-22(31-3)23(16-19)32-5-2/h6-13,16H,4-5,14-15,17H2,1-3H3,(H,26,29). The van der Waals surface area contributed by atoms with Gasteiger partial charge in [0.15, 0.2) is 11.5 Å². The van der Waals surface area contributed by atoms with Crippen molar-refractivity contribution in [3.63, 3.8) is 0 Å². The van der Waals surface area contributed by atoms with Gasteiger partial charge >= 0.3 is 0 Å². The summed E-state index contributed by atoms with van der Waals surface area (Å²) in [6.07, 6.45) is 1.12. The van der Waals surface area contributed by atoms with Crippen LogP contribution in [0.5, 0.6) is 11.5 Å². The molecule has 3 aromatic rings. The summed E-state index contributed by atoms with van der Waals surface area (Å²) in [5, 5.41) is 7.31. The molecular weight excluding hydrogens is 406 g/mol. The fraction of sp³-hybridized carbons (Fsp3) is 0.320. The van der Waals surface area contributed by atoms with Crippen LogP contribution >= 0.6 is 0 Å². The van der Waals surface area contributed by atoms with Crippen molar-refractivity contribution in [3.8, 4) is 22.8 Å². The van der Waals surface area contributed by atoms with Crippen LogP contribution in [0.4, 0.5) is 0 Å². The van der Waals surface area contributed by atoms with Gasteiger partial charge in [0.05, 0.1) is 26.0 Å². The van der Waals surface area contributed by atoms with Crippen LogP contribution in [0.1, 0.15) is 31.4 Å². The third-order valence-corrected chi connectivity index (χ3v) is 5.09. The van der Waals surface area contributed by atoms with E-state index in [1.807, 2.05) is 37.3 Å². The maximum Gasteiger partial charge on any atom is 0.266 e. The van der Waals surface area contributed by atoms with Gasteiger partial charge in [0, 0.05) is 24.6 Å². The Hall–Kier alpha value is -3.61. The van der Waals surface area contributed by atoms with Gasteiger partial charge in [-0.15, -0.1) is 0 Å². The summed E-state index contributed by atoms with van der Waals surface area (Å²) in [6, 6.07) is 16.8. The summed E-state index contributed by atoms with van der Waals surface area (Å²) in [6.45, 7) is 5.09. The monoisotopic (exact) mass is 435 g/mol. The Morgan fingerprint density at radius 2 is 1.75 bits per heavy atom. The number of carbonyl (C=O) groups is 1. The molecule has 0 aliphatic rings. The molecule has 2 aromatic carbocycles. The summed E-state index contributed by atoms with van der Waals surface area (Å²) < 4.78 is 12.2. The Morgan fingerprint density at radius 3 is 2.44 bits per heavy atom. The lowest BCUT2D eigenvalue weighted by Crippen LogP contribution is -2.28. The van der Waals surface area contributed by atoms with Crippen LogP contribution < -0.4 is 20.3 Å². The molecule has 32 heavy (non-hydrogen) atoms. The summed E-state index contributed by atoms with van der Waals surface area (Å²) in [5.74, 6) is 1.13. The average Bonchev–Trinajstić information content (AvgIpc) is 2.82. The number of nitrogens with zero attached hydrogens (tertiary/aromatic N) is 2. The van der Waals surface area contributed by atoms with Crippen LogP contribution in [0.2, 0.25) is 0 Å². The Kier molecular flexibility index (Phi) is 8.02. The van der Waals surface area contributed by atoms with E-state index in [-0.39, 0.29) is 24.4 Å². The smallest absolute Gasteiger partial charge is 0.266 e. The van der Waals surface area contributed by atoms with Gasteiger partial charge in [-0.05, 0) is 42.7 Å². The highest BCUT2D eigenvalue weighted by molar-refractivity contribution is 5.75. The van der Waals surface area contributed by atoms with Crippen molar-refractivity contribution in [2.24, 2.45) is 0 Å². The van der Waals surface area contributed by atoms with Gasteiger partial charge in [-0.1, -0.05) is 37.3 Å². The lowest BCUT2D eigenvalue weighted by Gasteiger charge is -2.12. The minimum absolute atomic E-state index is 0.152. The van der Waals surface area contributed by atoms with Crippen LogP contribution in [0, 0.1) is 0 Å². The maximum atomic E-state index is 12.3. The molecule has 168 valence electrons. The van der Waals surface area contributed by atoms with E-state index >= 15 is 0 Å². The summed E-state index contributed by atoms with van der Waals surface area (Å²) in [7, 11) is 1.59. The number of methoxy groups -OCH3 is 1. The lowest BCUT2D eigenvalue weighted by molar-refractivity contribution is -0.121. The summed E-state index contributed by atoms with van der Waals surface area (Å²) in [5.41, 5.74) is 3.54. The normalized spacial score (nSPS) is 10.6. The zero-order chi connectivity index (χ0) is 22.9. The SMILES string of the molecule is CCOc1cc(CNC(=O)CCn2nc(-c3ccc(CC)cc3)ccc2=O)ccc1OC. The average molecular weight is 436 g/mol. The predicted octanol–water partition coefficient (Wildman–Crippen LogP) is 3.59. The highest BCUT2D eigenvalue weighted by Crippen LogP contribution is 2.28. The first kappa shape index (κ1) is 23.1. The van der Waals surface area contributed by atoms with Crippen molar-refractivity contribution in [2.45, 2.75) is 39.8 Å². The van der Waals surface area contributed by atoms with Gasteiger partial charge in [-0.3, -0.25) is 9.59 Å². The number of nitrogens with one attached hydrogen (secondary N) is 1. The fourth-order valence-corrected chi connectivity index (χ4v) is 3.27. The molecule has 3 rings (SSSR count). The summed E-state index contributed by atoms with van der Waals surface area (Å²) in [4.78, 5) is 24.5. The molecule has 1 heterocycles. The molecule has 0 atom stereocenters. The van der Waals surface area contributed by atoms with E-state index in [1.54, 1.807) is 13.2 Å². The first-order valence-corrected chi connectivity index (χ1v) is 10.8. The van der Waals surface area contributed by atoms with Crippen LogP contribution in [-0.4, -0.2) is 29.4 Å². The van der Waals surface area contributed by atoms with E-state index in [1.165, 1.54) is 16.3 Å². The highest BCUT2D eigenvalue weighted by Gasteiger charge is 2.09. The molecule has 0 aliphatic carbocycles. The van der Waals surface area contributed by atoms with E-state index < -0.39 is 0 Å². The first-order valence-electron chi connectivity index (χ1n) is 10.8. The molecule has 0 saturated carbocycles. The molecule has 0 radical (unpaired) electrons. The number of rotatable bonds is 10. The van der Waals surface area contributed by atoms with Gasteiger partial charge in [0.2, 0.25) is 5.91 Å². The zero-order valence-electron chi connectivity index (χ0n) is 18.8. The van der Waals surface area contributed by atoms with Crippen LogP contribution in [0.25, 0.3) is 11.3 Å². The first-order chi connectivity index (χ1) is 15.5. The van der Waals surface area contributed by atoms with Gasteiger partial charge < -0.3 is 14.8 Å². The number of aryl methyl sites for hydroxylation is 2. The molecule has 1 N–H and O–H groups in total. The van der Waals surface area contributed by atoms with Gasteiger partial charge in [-0.2, -0.15) is 5.10 Å². The van der Waals surface area contributed by atoms with Gasteiger partial charge in [-0.25, -0.2) is 4.68 Å². The molecule has 0 bridgehead atoms. The molecule has 7 nitrogen and oxygen atoms in total. The van der Waals surface area contributed by atoms with Crippen molar-refractivity contribution in [3.05, 3.63) is 76.1 Å². The van der Waals surface area contributed by atoms with Crippen molar-refractivity contribution in [1.29, 1.82) is 0 Å². The molecule has 0 unspecified atom stereocenters. The molecule has 7 heteroatoms. The van der Waals surface area contributed by atoms with Crippen molar-refractivity contribution >= 4 is 5.91 Å². The third-order valence-electron chi connectivity index (χ3n) is 5.09. The highest BCUT2D eigenvalue weighted by atomic mass is 16.5. The Morgan fingerprint density at radius 1 is 1.00 bits per heavy atom. The lowest BCUT2D eigenvalue weighted by atomic mass is 10.1. The van der Waals surface area contributed by atoms with Crippen molar-refractivity contribution in [2.75, 3.05) is 13.7 Å². The maximum absolute atomic E-state index is 12.3. The second-order valence-corrected chi connectivity index (χ2v) is 7.28. The third kappa shape index (κ3) is 5.97. The number of carbonyl (C=O) groups excluding carboxylic acids is 1. The number of benzene rings is 2. The van der Waals surface area contributed by atoms with Crippen LogP contribution in [-0.2, 0) is 24.3 Å². The number of aromatic nitrogens is 2. The predicted molar refractivity (Wildman–Crippen MR) is 124 cm³/mol. The number of ether oxygens (including phenoxy) is 2. The molecule has 1 amide bonds. The molecule has 1 aromatic heterocycles. The fourth-order valence-electron chi connectivity index (χ4n) is 3.27. The van der Waals surface area contributed by atoms with Crippen LogP contribution in [0.15, 0.2) is 59.4 Å². The topological polar surface area (TPSA) is 82.5 Å². The Labute approximate surface area is 188 Å². The minimum atomic E-state index is -0.233. The molecular formula is C25H29N3O4. The Bertz CT molecular complexity index is 1110. The summed E-state index contributed by atoms with van der Waals surface area (Å²) >= 11 is 0. The van der Waals surface area contributed by atoms with Gasteiger partial charge in [0.25, 0.3) is 5.56 Å². The van der Waals surface area contributed by atoms with Crippen LogP contribution in [0.3, 0.4) is 0 Å². The number of hydrogen-bond acceptors (Lipinski definition) is 5. The Balaban J connectivity index is 1.60. The molecule has 0 aliphatic heterocycles. The second kappa shape index (κ2) is 11.1. The van der Waals surface area contributed by atoms with Crippen molar-refractivity contribution in [1.82, 2.24) is 15.1 Å². The van der Waals surface area contributed by atoms with Crippen molar-refractivity contribution < 1.29 is 14.3 Å². The number of amides is 1. The zero-order valence-corrected chi connectivity index (χ0v) is 18.8. The van der Waals surface area contributed by atoms with E-state index in [2.05, 4.69) is 29.5 Å². The second-order valence-electron chi connectivity index (χ2n) is 7.28. The van der Waals surface area contributed by atoms with E-state index in [9.17, 15) is 9.59 Å². The number of hydrogen-bond donors (Lipinski definition) is 1. The quantitative estimate of drug-likeness (QED) is 0.526. The largest absolute Gasteiger partial charge is 0.493 e. The molecule has 0 saturated heterocycles. The van der Waals surface area contributed by atoms with E-state index in [0.717, 1.165) is 17.5 Å². The molecule has 0 fully saturated rings. The van der Waals surface area contributed by atoms with E-state index in [4.69, 9.17) is 9.47 Å². The van der Waals surface area contributed by atoms with E-state index in [0.29, 0.717) is 30.3 Å². The molecule has 0 spiro atoms.